The molecule has 0 aliphatic rings. The number of nitrogens with zero attached hydrogens (tertiary/aromatic N) is 2. The first-order valence-corrected chi connectivity index (χ1v) is 25.7. The van der Waals surface area contributed by atoms with Crippen LogP contribution in [0.2, 0.25) is 0 Å². The highest BCUT2D eigenvalue weighted by Crippen LogP contribution is 2.48. The van der Waals surface area contributed by atoms with Crippen molar-refractivity contribution in [2.75, 3.05) is 13.2 Å². The van der Waals surface area contributed by atoms with Gasteiger partial charge >= 0.3 is 24.3 Å². The number of ether oxygens (including phenoxy) is 4. The number of carbonyl (C=O) groups is 2. The highest BCUT2D eigenvalue weighted by atomic mass is 32.2. The van der Waals surface area contributed by atoms with Crippen LogP contribution in [0.4, 0.5) is 26.3 Å². The largest absolute Gasteiger partial charge is 0.476 e. The van der Waals surface area contributed by atoms with E-state index in [4.69, 9.17) is 18.9 Å². The van der Waals surface area contributed by atoms with Gasteiger partial charge in [-0.25, -0.2) is 19.6 Å². The van der Waals surface area contributed by atoms with Crippen molar-refractivity contribution in [3.05, 3.63) is 129 Å². The topological polar surface area (TPSA) is 96.8 Å². The Labute approximate surface area is 428 Å². The van der Waals surface area contributed by atoms with Gasteiger partial charge in [0.15, 0.2) is 11.2 Å². The smallest absolute Gasteiger partial charge is 0.416 e. The van der Waals surface area contributed by atoms with Crippen LogP contribution >= 0.6 is 46.2 Å². The molecule has 0 N–H and O–H groups in total. The zero-order valence-electron chi connectivity index (χ0n) is 41.8. The van der Waals surface area contributed by atoms with Gasteiger partial charge in [-0.05, 0) is 162 Å². The molecule has 382 valence electrons. The molecule has 0 saturated carbocycles. The Morgan fingerprint density at radius 3 is 1.37 bits per heavy atom. The van der Waals surface area contributed by atoms with Gasteiger partial charge in [0.05, 0.1) is 39.5 Å². The summed E-state index contributed by atoms with van der Waals surface area (Å²) in [4.78, 5) is 37.5. The van der Waals surface area contributed by atoms with Crippen LogP contribution < -0.4 is 9.47 Å². The van der Waals surface area contributed by atoms with E-state index in [1.165, 1.54) is 46.9 Å². The van der Waals surface area contributed by atoms with Gasteiger partial charge in [0.1, 0.15) is 21.5 Å². The predicted octanol–water partition coefficient (Wildman–Crippen LogP) is 16.1. The van der Waals surface area contributed by atoms with Crippen molar-refractivity contribution in [3.8, 4) is 32.6 Å². The summed E-state index contributed by atoms with van der Waals surface area (Å²) >= 11 is 6.25. The van der Waals surface area contributed by atoms with E-state index in [9.17, 15) is 35.9 Å². The third-order valence-electron chi connectivity index (χ3n) is 10.7. The number of thioether (sulfide) groups is 2. The number of hydrogen-bond donors (Lipinski definition) is 0. The average molecular weight is 1060 g/mol. The molecule has 0 fully saturated rings. The van der Waals surface area contributed by atoms with Gasteiger partial charge in [-0.3, -0.25) is 0 Å². The number of hydrogen-bond acceptors (Lipinski definition) is 12. The van der Waals surface area contributed by atoms with Crippen molar-refractivity contribution < 1.29 is 54.9 Å². The van der Waals surface area contributed by atoms with Gasteiger partial charge < -0.3 is 18.9 Å². The first kappa shape index (κ1) is 56.9. The number of aryl methyl sites for hydroxylation is 3. The van der Waals surface area contributed by atoms with E-state index in [0.29, 0.717) is 32.6 Å². The highest BCUT2D eigenvalue weighted by Gasteiger charge is 2.35. The highest BCUT2D eigenvalue weighted by molar-refractivity contribution is 8.00. The number of aromatic nitrogens is 2. The molecule has 0 aliphatic carbocycles. The second kappa shape index (κ2) is 22.4. The Kier molecular flexibility index (Phi) is 17.9. The fraction of sp³-hybridized carbons (Fsp3) is 0.396. The molecule has 2 aromatic heterocycles. The fourth-order valence-corrected chi connectivity index (χ4v) is 11.7. The Hall–Kier alpha value is -5.04. The molecule has 0 amide bonds. The van der Waals surface area contributed by atoms with Gasteiger partial charge in [-0.2, -0.15) is 26.3 Å². The molecule has 0 saturated heterocycles. The molecule has 0 spiro atoms. The normalized spacial score (nSPS) is 12.5. The molecule has 18 heteroatoms. The zero-order valence-corrected chi connectivity index (χ0v) is 45.1. The molecule has 0 atom stereocenters. The Bertz CT molecular complexity index is 2800. The summed E-state index contributed by atoms with van der Waals surface area (Å²) in [6.07, 6.45) is -6.95. The monoisotopic (exact) mass is 1060 g/mol. The van der Waals surface area contributed by atoms with Crippen molar-refractivity contribution in [2.24, 2.45) is 0 Å². The molecule has 0 radical (unpaired) electrons. The number of halogens is 6. The summed E-state index contributed by atoms with van der Waals surface area (Å²) in [5.74, 6) is 0.364. The molecule has 6 aromatic rings. The van der Waals surface area contributed by atoms with E-state index in [-0.39, 0.29) is 22.7 Å². The third-order valence-corrected chi connectivity index (χ3v) is 16.2. The number of thiazole rings is 2. The summed E-state index contributed by atoms with van der Waals surface area (Å²) in [7, 11) is 0. The summed E-state index contributed by atoms with van der Waals surface area (Å²) in [5, 5.41) is 1.36. The van der Waals surface area contributed by atoms with Gasteiger partial charge in [0.25, 0.3) is 0 Å². The van der Waals surface area contributed by atoms with Crippen molar-refractivity contribution in [1.82, 2.24) is 9.97 Å². The summed E-state index contributed by atoms with van der Waals surface area (Å²) < 4.78 is 98.7. The van der Waals surface area contributed by atoms with Crippen molar-refractivity contribution in [3.63, 3.8) is 0 Å². The first-order chi connectivity index (χ1) is 32.9. The van der Waals surface area contributed by atoms with Gasteiger partial charge in [0.2, 0.25) is 0 Å². The van der Waals surface area contributed by atoms with Crippen LogP contribution in [0.1, 0.15) is 107 Å². The van der Waals surface area contributed by atoms with Crippen LogP contribution in [0, 0.1) is 20.8 Å². The Morgan fingerprint density at radius 2 is 0.972 bits per heavy atom. The van der Waals surface area contributed by atoms with E-state index in [2.05, 4.69) is 37.7 Å². The molecule has 0 aliphatic heterocycles. The molecule has 0 bridgehead atoms. The Morgan fingerprint density at radius 1 is 0.563 bits per heavy atom. The maximum atomic E-state index is 12.9. The van der Waals surface area contributed by atoms with Crippen molar-refractivity contribution in [2.45, 2.75) is 133 Å². The third kappa shape index (κ3) is 14.8. The van der Waals surface area contributed by atoms with Crippen LogP contribution in [-0.2, 0) is 40.9 Å². The van der Waals surface area contributed by atoms with Crippen molar-refractivity contribution in [1.29, 1.82) is 0 Å². The van der Waals surface area contributed by atoms with Crippen LogP contribution in [0.15, 0.2) is 101 Å². The van der Waals surface area contributed by atoms with Crippen LogP contribution in [0.5, 0.6) is 11.5 Å². The second-order valence-electron chi connectivity index (χ2n) is 18.4. The maximum absolute atomic E-state index is 12.9. The van der Waals surface area contributed by atoms with E-state index in [1.807, 2.05) is 57.2 Å². The SMILES string of the molecule is CCOC(=O)C(C)(C)Oc1ccc(SC(C)(C)c2cnc(-c3ccc(C(F)(F)F)cc3)s2)cc1C.CCOC(=O)C(C)(C)Oc1ccc(SC(C)(C)c2sc(-c3ccc(C(F)(F)F)cc3)nc2C)cc1C. The van der Waals surface area contributed by atoms with E-state index < -0.39 is 46.6 Å². The second-order valence-corrected chi connectivity index (χ2v) is 23.8. The van der Waals surface area contributed by atoms with Gasteiger partial charge in [-0.1, -0.05) is 24.3 Å². The van der Waals surface area contributed by atoms with Crippen LogP contribution in [0.25, 0.3) is 21.1 Å². The quantitative estimate of drug-likeness (QED) is 0.0530. The minimum Gasteiger partial charge on any atom is -0.476 e. The van der Waals surface area contributed by atoms with Crippen LogP contribution in [-0.4, -0.2) is 46.3 Å². The first-order valence-electron chi connectivity index (χ1n) is 22.5. The molecule has 4 aromatic carbocycles. The molecule has 6 rings (SSSR count). The Balaban J connectivity index is 0.000000264. The number of alkyl halides is 6. The number of benzene rings is 4. The minimum absolute atomic E-state index is 0.285. The number of carbonyl (C=O) groups excluding carboxylic acids is 2. The summed E-state index contributed by atoms with van der Waals surface area (Å²) in [6.45, 7) is 24.9. The molecule has 2 heterocycles. The lowest BCUT2D eigenvalue weighted by Crippen LogP contribution is -2.39. The summed E-state index contributed by atoms with van der Waals surface area (Å²) in [5.41, 5.74) is 0.362. The molecule has 71 heavy (non-hydrogen) atoms. The lowest BCUT2D eigenvalue weighted by molar-refractivity contribution is -0.159. The standard InChI is InChI=1S/C27H30F3NO3S2.C26H28F3NO3S2/c1-8-33-24(32)25(4,5)34-21-14-13-20(15-16(21)2)36-26(6,7)22-17(3)31-23(35-22)18-9-11-19(12-10-18)27(28,29)30;1-7-32-23(31)24(3,4)33-20-13-12-19(14-16(20)2)35-25(5,6)21-15-30-22(34-21)17-8-10-18(11-9-17)26(27,28)29/h9-15H,8H2,1-7H3;8-15H,7H2,1-6H3. The lowest BCUT2D eigenvalue weighted by atomic mass is 10.1. The summed E-state index contributed by atoms with van der Waals surface area (Å²) in [6, 6.07) is 21.7. The van der Waals surface area contributed by atoms with Gasteiger partial charge in [-0.15, -0.1) is 46.2 Å². The van der Waals surface area contributed by atoms with E-state index >= 15 is 0 Å². The van der Waals surface area contributed by atoms with Gasteiger partial charge in [0, 0.05) is 36.9 Å². The lowest BCUT2D eigenvalue weighted by Gasteiger charge is -2.26. The fourth-order valence-electron chi connectivity index (χ4n) is 6.90. The maximum Gasteiger partial charge on any atom is 0.416 e. The average Bonchev–Trinajstić information content (AvgIpc) is 3.94. The van der Waals surface area contributed by atoms with Crippen molar-refractivity contribution >= 4 is 58.1 Å². The molecule has 0 unspecified atom stereocenters. The molecular formula is C53H58F6N2O6S4. The zero-order chi connectivity index (χ0) is 52.9. The van der Waals surface area contributed by atoms with E-state index in [1.54, 1.807) is 71.3 Å². The predicted molar refractivity (Wildman–Crippen MR) is 273 cm³/mol. The van der Waals surface area contributed by atoms with Crippen LogP contribution in [0.3, 0.4) is 0 Å². The van der Waals surface area contributed by atoms with E-state index in [0.717, 1.165) is 60.6 Å². The number of esters is 2. The molecule has 8 nitrogen and oxygen atoms in total. The number of rotatable bonds is 16. The molecular weight excluding hydrogens is 1000 g/mol. The minimum atomic E-state index is -4.37.